The Kier molecular flexibility index (Phi) is 2.95. The molecule has 1 aromatic heterocycles. The van der Waals surface area contributed by atoms with Gasteiger partial charge in [-0.25, -0.2) is 9.97 Å². The summed E-state index contributed by atoms with van der Waals surface area (Å²) in [6.45, 7) is 1.55. The molecule has 0 saturated heterocycles. The van der Waals surface area contributed by atoms with Crippen molar-refractivity contribution in [3.63, 3.8) is 0 Å². The quantitative estimate of drug-likeness (QED) is 0.684. The largest absolute Gasteiger partial charge is 0.347 e. The van der Waals surface area contributed by atoms with Crippen LogP contribution in [0.25, 0.3) is 0 Å². The third-order valence-electron chi connectivity index (χ3n) is 1.53. The van der Waals surface area contributed by atoms with Gasteiger partial charge in [-0.1, -0.05) is 0 Å². The Labute approximate surface area is 77.6 Å². The number of Topliss-reactive ketones (excluding diaryl/α,β-unsaturated/α-hetero) is 1. The van der Waals surface area contributed by atoms with Gasteiger partial charge in [-0.15, -0.1) is 0 Å². The van der Waals surface area contributed by atoms with Gasteiger partial charge in [0.25, 0.3) is 0 Å². The molecular weight excluding hydrogens is 166 g/mol. The molecule has 13 heavy (non-hydrogen) atoms. The Balaban J connectivity index is 2.85. The molecule has 0 aliphatic rings. The van der Waals surface area contributed by atoms with Gasteiger partial charge in [-0.3, -0.25) is 4.79 Å². The van der Waals surface area contributed by atoms with Crippen LogP contribution < -0.4 is 4.90 Å². The van der Waals surface area contributed by atoms with E-state index in [4.69, 9.17) is 0 Å². The lowest BCUT2D eigenvalue weighted by molar-refractivity contribution is -0.116. The molecule has 0 amide bonds. The Morgan fingerprint density at radius 1 is 1.54 bits per heavy atom. The number of aromatic nitrogens is 2. The molecule has 0 N–H and O–H groups in total. The molecule has 0 unspecified atom stereocenters. The predicted molar refractivity (Wildman–Crippen MR) is 50.7 cm³/mol. The molecule has 0 spiro atoms. The summed E-state index contributed by atoms with van der Waals surface area (Å²) in [7, 11) is 3.74. The number of hydrogen-bond donors (Lipinski definition) is 0. The van der Waals surface area contributed by atoms with E-state index in [2.05, 4.69) is 9.97 Å². The average molecular weight is 179 g/mol. The van der Waals surface area contributed by atoms with Crippen molar-refractivity contribution >= 4 is 11.7 Å². The first-order valence-electron chi connectivity index (χ1n) is 4.08. The molecule has 1 rings (SSSR count). The summed E-state index contributed by atoms with van der Waals surface area (Å²) >= 11 is 0. The van der Waals surface area contributed by atoms with E-state index in [0.717, 1.165) is 5.69 Å². The van der Waals surface area contributed by atoms with Crippen LogP contribution >= 0.6 is 0 Å². The summed E-state index contributed by atoms with van der Waals surface area (Å²) in [6, 6.07) is 1.76. The fourth-order valence-corrected chi connectivity index (χ4v) is 0.954. The van der Waals surface area contributed by atoms with Crippen LogP contribution in [0.2, 0.25) is 0 Å². The fraction of sp³-hybridized carbons (Fsp3) is 0.444. The highest BCUT2D eigenvalue weighted by molar-refractivity contribution is 5.77. The Morgan fingerprint density at radius 3 is 2.77 bits per heavy atom. The van der Waals surface area contributed by atoms with E-state index < -0.39 is 0 Å². The zero-order valence-electron chi connectivity index (χ0n) is 8.11. The summed E-state index contributed by atoms with van der Waals surface area (Å²) in [5.74, 6) is 0.752. The van der Waals surface area contributed by atoms with E-state index in [1.54, 1.807) is 19.2 Å². The summed E-state index contributed by atoms with van der Waals surface area (Å²) in [4.78, 5) is 20.9. The van der Waals surface area contributed by atoms with Gasteiger partial charge in [0.1, 0.15) is 5.78 Å². The smallest absolute Gasteiger partial charge is 0.224 e. The monoisotopic (exact) mass is 179 g/mol. The highest BCUT2D eigenvalue weighted by Crippen LogP contribution is 2.03. The van der Waals surface area contributed by atoms with Gasteiger partial charge in [0.05, 0.1) is 5.69 Å². The lowest BCUT2D eigenvalue weighted by Crippen LogP contribution is -2.13. The number of ketones is 1. The second kappa shape index (κ2) is 3.98. The second-order valence-electron chi connectivity index (χ2n) is 3.12. The Hall–Kier alpha value is -1.45. The van der Waals surface area contributed by atoms with Crippen molar-refractivity contribution in [2.75, 3.05) is 19.0 Å². The van der Waals surface area contributed by atoms with Gasteiger partial charge in [0.15, 0.2) is 0 Å². The Morgan fingerprint density at radius 2 is 2.23 bits per heavy atom. The first kappa shape index (κ1) is 9.64. The molecule has 0 radical (unpaired) electrons. The third-order valence-corrected chi connectivity index (χ3v) is 1.53. The number of rotatable bonds is 3. The topological polar surface area (TPSA) is 46.1 Å². The van der Waals surface area contributed by atoms with Gasteiger partial charge >= 0.3 is 0 Å². The van der Waals surface area contributed by atoms with Gasteiger partial charge in [0.2, 0.25) is 5.95 Å². The van der Waals surface area contributed by atoms with Crippen LogP contribution in [0.3, 0.4) is 0 Å². The maximum absolute atomic E-state index is 10.8. The molecule has 1 aromatic rings. The number of carbonyl (C=O) groups is 1. The van der Waals surface area contributed by atoms with Crippen molar-refractivity contribution < 1.29 is 4.79 Å². The van der Waals surface area contributed by atoms with E-state index in [1.807, 2.05) is 19.0 Å². The van der Waals surface area contributed by atoms with Crippen molar-refractivity contribution in [1.29, 1.82) is 0 Å². The summed E-state index contributed by atoms with van der Waals surface area (Å²) in [6.07, 6.45) is 2.05. The minimum Gasteiger partial charge on any atom is -0.347 e. The van der Waals surface area contributed by atoms with Crippen LogP contribution in [0.5, 0.6) is 0 Å². The van der Waals surface area contributed by atoms with Crippen LogP contribution in [-0.2, 0) is 11.2 Å². The molecule has 0 saturated carbocycles. The van der Waals surface area contributed by atoms with E-state index >= 15 is 0 Å². The summed E-state index contributed by atoms with van der Waals surface area (Å²) < 4.78 is 0. The van der Waals surface area contributed by atoms with E-state index in [1.165, 1.54) is 0 Å². The molecule has 70 valence electrons. The molecule has 0 atom stereocenters. The maximum Gasteiger partial charge on any atom is 0.224 e. The van der Waals surface area contributed by atoms with Crippen molar-refractivity contribution in [2.24, 2.45) is 0 Å². The standard InChI is InChI=1S/C9H13N3O/c1-7(13)6-8-4-5-10-9(11-8)12(2)3/h4-5H,6H2,1-3H3. The fourth-order valence-electron chi connectivity index (χ4n) is 0.954. The molecule has 0 fully saturated rings. The average Bonchev–Trinajstić information content (AvgIpc) is 2.03. The summed E-state index contributed by atoms with van der Waals surface area (Å²) in [5, 5.41) is 0. The van der Waals surface area contributed by atoms with Crippen molar-refractivity contribution in [3.05, 3.63) is 18.0 Å². The molecule has 4 heteroatoms. The number of nitrogens with zero attached hydrogens (tertiary/aromatic N) is 3. The maximum atomic E-state index is 10.8. The predicted octanol–water partition coefficient (Wildman–Crippen LogP) is 0.674. The van der Waals surface area contributed by atoms with Crippen molar-refractivity contribution in [1.82, 2.24) is 9.97 Å². The van der Waals surface area contributed by atoms with Crippen LogP contribution in [0, 0.1) is 0 Å². The van der Waals surface area contributed by atoms with Crippen LogP contribution in [0.4, 0.5) is 5.95 Å². The molecule has 0 aliphatic carbocycles. The van der Waals surface area contributed by atoms with Gasteiger partial charge in [-0.2, -0.15) is 0 Å². The molecule has 1 heterocycles. The number of anilines is 1. The minimum absolute atomic E-state index is 0.114. The van der Waals surface area contributed by atoms with E-state index in [9.17, 15) is 4.79 Å². The van der Waals surface area contributed by atoms with E-state index in [0.29, 0.717) is 12.4 Å². The highest BCUT2D eigenvalue weighted by Gasteiger charge is 2.02. The zero-order valence-corrected chi connectivity index (χ0v) is 8.11. The molecule has 4 nitrogen and oxygen atoms in total. The number of carbonyl (C=O) groups excluding carboxylic acids is 1. The van der Waals surface area contributed by atoms with Crippen molar-refractivity contribution in [2.45, 2.75) is 13.3 Å². The van der Waals surface area contributed by atoms with Crippen LogP contribution in [0.1, 0.15) is 12.6 Å². The summed E-state index contributed by atoms with van der Waals surface area (Å²) in [5.41, 5.74) is 0.770. The molecule has 0 bridgehead atoms. The van der Waals surface area contributed by atoms with Crippen LogP contribution in [0.15, 0.2) is 12.3 Å². The molecule has 0 aromatic carbocycles. The van der Waals surface area contributed by atoms with Crippen LogP contribution in [-0.4, -0.2) is 29.8 Å². The third kappa shape index (κ3) is 2.82. The van der Waals surface area contributed by atoms with Gasteiger partial charge in [0, 0.05) is 26.7 Å². The molecular formula is C9H13N3O. The first-order chi connectivity index (χ1) is 6.09. The SMILES string of the molecule is CC(=O)Cc1ccnc(N(C)C)n1. The minimum atomic E-state index is 0.114. The lowest BCUT2D eigenvalue weighted by Gasteiger charge is -2.09. The highest BCUT2D eigenvalue weighted by atomic mass is 16.1. The first-order valence-corrected chi connectivity index (χ1v) is 4.08. The Bertz CT molecular complexity index is 309. The zero-order chi connectivity index (χ0) is 9.84. The van der Waals surface area contributed by atoms with Gasteiger partial charge < -0.3 is 4.90 Å². The lowest BCUT2D eigenvalue weighted by atomic mass is 10.2. The normalized spacial score (nSPS) is 9.77. The van der Waals surface area contributed by atoms with E-state index in [-0.39, 0.29) is 5.78 Å². The number of hydrogen-bond acceptors (Lipinski definition) is 4. The van der Waals surface area contributed by atoms with Gasteiger partial charge in [-0.05, 0) is 13.0 Å². The second-order valence-corrected chi connectivity index (χ2v) is 3.12. The molecule has 0 aliphatic heterocycles. The van der Waals surface area contributed by atoms with Crippen molar-refractivity contribution in [3.8, 4) is 0 Å².